The first kappa shape index (κ1) is 12.5. The van der Waals surface area contributed by atoms with Gasteiger partial charge in [-0.2, -0.15) is 0 Å². The van der Waals surface area contributed by atoms with Crippen LogP contribution in [0.2, 0.25) is 0 Å². The first-order valence-electron chi connectivity index (χ1n) is 4.78. The average Bonchev–Trinajstić information content (AvgIpc) is 2.26. The van der Waals surface area contributed by atoms with Crippen molar-refractivity contribution in [1.29, 1.82) is 0 Å². The Balaban J connectivity index is 2.97. The molecule has 0 spiro atoms. The number of hydrogen-bond donors (Lipinski definition) is 0. The van der Waals surface area contributed by atoms with Crippen molar-refractivity contribution in [1.82, 2.24) is 0 Å². The maximum absolute atomic E-state index is 11.4. The number of esters is 1. The fourth-order valence-electron chi connectivity index (χ4n) is 1.13. The molecule has 0 atom stereocenters. The van der Waals surface area contributed by atoms with Gasteiger partial charge in [-0.1, -0.05) is 34.0 Å². The number of rotatable bonds is 3. The number of carbonyl (C=O) groups excluding carboxylic acids is 1. The first-order valence-corrected chi connectivity index (χ1v) is 5.57. The van der Waals surface area contributed by atoms with Crippen LogP contribution >= 0.6 is 15.9 Å². The van der Waals surface area contributed by atoms with Gasteiger partial charge in [0.25, 0.3) is 0 Å². The van der Waals surface area contributed by atoms with Crippen LogP contribution in [0.25, 0.3) is 6.08 Å². The van der Waals surface area contributed by atoms with Crippen LogP contribution in [0, 0.1) is 12.3 Å². The van der Waals surface area contributed by atoms with Crippen LogP contribution in [0.5, 0.6) is 0 Å². The molecule has 0 bridgehead atoms. The van der Waals surface area contributed by atoms with Gasteiger partial charge in [0.1, 0.15) is 5.57 Å². The predicted molar refractivity (Wildman–Crippen MR) is 67.6 cm³/mol. The maximum atomic E-state index is 11.4. The van der Waals surface area contributed by atoms with Crippen molar-refractivity contribution in [3.63, 3.8) is 0 Å². The Morgan fingerprint density at radius 3 is 2.94 bits per heavy atom. The van der Waals surface area contributed by atoms with Crippen molar-refractivity contribution < 1.29 is 9.53 Å². The highest BCUT2D eigenvalue weighted by Crippen LogP contribution is 2.14. The Kier molecular flexibility index (Phi) is 4.81. The highest BCUT2D eigenvalue weighted by molar-refractivity contribution is 9.10. The van der Waals surface area contributed by atoms with Crippen molar-refractivity contribution >= 4 is 28.0 Å². The number of benzene rings is 1. The largest absolute Gasteiger partial charge is 0.462 e. The van der Waals surface area contributed by atoms with Gasteiger partial charge in [-0.05, 0) is 30.7 Å². The second-order valence-corrected chi connectivity index (χ2v) is 3.89. The van der Waals surface area contributed by atoms with Crippen LogP contribution in [0.15, 0.2) is 34.3 Å². The number of terminal acetylenes is 1. The zero-order valence-corrected chi connectivity index (χ0v) is 10.5. The van der Waals surface area contributed by atoms with Crippen molar-refractivity contribution in [2.24, 2.45) is 0 Å². The van der Waals surface area contributed by atoms with E-state index >= 15 is 0 Å². The smallest absolute Gasteiger partial charge is 0.346 e. The molecule has 0 heterocycles. The van der Waals surface area contributed by atoms with Crippen LogP contribution in [0.4, 0.5) is 0 Å². The van der Waals surface area contributed by atoms with Crippen LogP contribution in [0.3, 0.4) is 0 Å². The van der Waals surface area contributed by atoms with E-state index in [1.54, 1.807) is 13.0 Å². The summed E-state index contributed by atoms with van der Waals surface area (Å²) >= 11 is 3.34. The Morgan fingerprint density at radius 1 is 1.62 bits per heavy atom. The zero-order valence-electron chi connectivity index (χ0n) is 8.87. The molecule has 0 N–H and O–H groups in total. The lowest BCUT2D eigenvalue weighted by atomic mass is 10.1. The minimum absolute atomic E-state index is 0.222. The van der Waals surface area contributed by atoms with Crippen LogP contribution in [-0.4, -0.2) is 12.6 Å². The minimum atomic E-state index is -0.468. The van der Waals surface area contributed by atoms with Gasteiger partial charge in [-0.25, -0.2) is 4.79 Å². The van der Waals surface area contributed by atoms with E-state index in [9.17, 15) is 4.79 Å². The Bertz CT molecular complexity index is 455. The van der Waals surface area contributed by atoms with Crippen LogP contribution in [-0.2, 0) is 9.53 Å². The minimum Gasteiger partial charge on any atom is -0.462 e. The molecular weight excluding hydrogens is 268 g/mol. The first-order chi connectivity index (χ1) is 7.67. The zero-order chi connectivity index (χ0) is 12.0. The van der Waals surface area contributed by atoms with Crippen molar-refractivity contribution in [3.8, 4) is 12.3 Å². The maximum Gasteiger partial charge on any atom is 0.346 e. The predicted octanol–water partition coefficient (Wildman–Crippen LogP) is 3.03. The van der Waals surface area contributed by atoms with Crippen molar-refractivity contribution in [2.45, 2.75) is 6.92 Å². The summed E-state index contributed by atoms with van der Waals surface area (Å²) in [5.41, 5.74) is 1.08. The molecule has 0 amide bonds. The topological polar surface area (TPSA) is 26.3 Å². The van der Waals surface area contributed by atoms with Crippen LogP contribution < -0.4 is 0 Å². The molecule has 0 fully saturated rings. The highest BCUT2D eigenvalue weighted by Gasteiger charge is 2.07. The molecule has 0 aliphatic heterocycles. The van der Waals surface area contributed by atoms with Gasteiger partial charge >= 0.3 is 5.97 Å². The molecule has 0 aromatic heterocycles. The average molecular weight is 279 g/mol. The number of carbonyl (C=O) groups is 1. The Morgan fingerprint density at radius 2 is 2.38 bits per heavy atom. The molecule has 1 aromatic carbocycles. The lowest BCUT2D eigenvalue weighted by molar-refractivity contribution is -0.137. The lowest BCUT2D eigenvalue weighted by Crippen LogP contribution is -2.05. The Labute approximate surface area is 103 Å². The van der Waals surface area contributed by atoms with Gasteiger partial charge in [0.2, 0.25) is 0 Å². The molecule has 0 radical (unpaired) electrons. The van der Waals surface area contributed by atoms with E-state index < -0.39 is 5.97 Å². The van der Waals surface area contributed by atoms with Gasteiger partial charge in [0, 0.05) is 4.47 Å². The summed E-state index contributed by atoms with van der Waals surface area (Å²) in [5.74, 6) is 1.86. The normalized spacial score (nSPS) is 10.7. The van der Waals surface area contributed by atoms with Gasteiger partial charge < -0.3 is 4.74 Å². The summed E-state index contributed by atoms with van der Waals surface area (Å²) in [6.45, 7) is 2.06. The van der Waals surface area contributed by atoms with Crippen LogP contribution in [0.1, 0.15) is 12.5 Å². The SMILES string of the molecule is C#C/C(=C\c1cccc(Br)c1)C(=O)OCC. The van der Waals surface area contributed by atoms with Gasteiger partial charge in [-0.15, -0.1) is 6.42 Å². The van der Waals surface area contributed by atoms with E-state index in [0.717, 1.165) is 10.0 Å². The van der Waals surface area contributed by atoms with E-state index in [-0.39, 0.29) is 5.57 Å². The monoisotopic (exact) mass is 278 g/mol. The lowest BCUT2D eigenvalue weighted by Gasteiger charge is -2.01. The van der Waals surface area contributed by atoms with E-state index in [1.807, 2.05) is 24.3 Å². The van der Waals surface area contributed by atoms with Gasteiger partial charge in [0.15, 0.2) is 0 Å². The number of ether oxygens (including phenoxy) is 1. The molecular formula is C13H11BrO2. The molecule has 0 aliphatic carbocycles. The summed E-state index contributed by atoms with van der Waals surface area (Å²) in [6.07, 6.45) is 6.89. The fourth-order valence-corrected chi connectivity index (χ4v) is 1.55. The third kappa shape index (κ3) is 3.56. The van der Waals surface area contributed by atoms with Crippen molar-refractivity contribution in [2.75, 3.05) is 6.61 Å². The summed E-state index contributed by atoms with van der Waals surface area (Å²) in [4.78, 5) is 11.4. The highest BCUT2D eigenvalue weighted by atomic mass is 79.9. The van der Waals surface area contributed by atoms with E-state index in [0.29, 0.717) is 6.61 Å². The van der Waals surface area contributed by atoms with Gasteiger partial charge in [0.05, 0.1) is 6.61 Å². The molecule has 0 aliphatic rings. The number of hydrogen-bond acceptors (Lipinski definition) is 2. The summed E-state index contributed by atoms with van der Waals surface area (Å²) in [5, 5.41) is 0. The third-order valence-electron chi connectivity index (χ3n) is 1.81. The second kappa shape index (κ2) is 6.14. The quantitative estimate of drug-likeness (QED) is 0.483. The summed E-state index contributed by atoms with van der Waals surface area (Å²) < 4.78 is 5.77. The molecule has 2 nitrogen and oxygen atoms in total. The molecule has 0 saturated heterocycles. The molecule has 1 aromatic rings. The molecule has 16 heavy (non-hydrogen) atoms. The van der Waals surface area contributed by atoms with E-state index in [4.69, 9.17) is 11.2 Å². The molecule has 3 heteroatoms. The van der Waals surface area contributed by atoms with E-state index in [2.05, 4.69) is 21.9 Å². The fraction of sp³-hybridized carbons (Fsp3) is 0.154. The molecule has 0 unspecified atom stereocenters. The second-order valence-electron chi connectivity index (χ2n) is 2.98. The van der Waals surface area contributed by atoms with Gasteiger partial charge in [-0.3, -0.25) is 0 Å². The Hall–Kier alpha value is -1.53. The molecule has 0 saturated carbocycles. The third-order valence-corrected chi connectivity index (χ3v) is 2.30. The molecule has 1 rings (SSSR count). The van der Waals surface area contributed by atoms with Crippen molar-refractivity contribution in [3.05, 3.63) is 39.9 Å². The summed E-state index contributed by atoms with van der Waals surface area (Å²) in [6, 6.07) is 7.50. The standard InChI is InChI=1S/C13H11BrO2/c1-3-11(13(15)16-4-2)8-10-6-5-7-12(14)9-10/h1,5-9H,4H2,2H3/b11-8+. The van der Waals surface area contributed by atoms with E-state index in [1.165, 1.54) is 0 Å². The summed E-state index contributed by atoms with van der Waals surface area (Å²) in [7, 11) is 0. The molecule has 82 valence electrons. The number of halogens is 1.